The molecule has 1 amide bonds. The standard InChI is InChI=1S/C24H22N4O4/c1-31-17-6-4-5-15(11-17)13-25-21(29)14-28-20-8-3-2-7-18(20)19(12-22(28)30)24-26-23(27-32-24)16-9-10-16/h2-8,11-12,16H,9-10,13-14H2,1H3,(H,25,29). The lowest BCUT2D eigenvalue weighted by Crippen LogP contribution is -2.32. The number of methoxy groups -OCH3 is 1. The molecule has 1 N–H and O–H groups in total. The van der Waals surface area contributed by atoms with Crippen molar-refractivity contribution in [1.82, 2.24) is 20.0 Å². The maximum Gasteiger partial charge on any atom is 0.258 e. The molecule has 0 saturated heterocycles. The van der Waals surface area contributed by atoms with Crippen LogP contribution in [0.15, 0.2) is 63.9 Å². The summed E-state index contributed by atoms with van der Waals surface area (Å²) in [4.78, 5) is 30.1. The number of pyridine rings is 1. The second-order valence-corrected chi connectivity index (χ2v) is 7.86. The molecule has 32 heavy (non-hydrogen) atoms. The first-order chi connectivity index (χ1) is 15.6. The van der Waals surface area contributed by atoms with Crippen molar-refractivity contribution in [2.45, 2.75) is 31.8 Å². The van der Waals surface area contributed by atoms with E-state index in [1.165, 1.54) is 10.6 Å². The molecule has 2 aromatic heterocycles. The van der Waals surface area contributed by atoms with Crippen LogP contribution in [0.4, 0.5) is 0 Å². The summed E-state index contributed by atoms with van der Waals surface area (Å²) >= 11 is 0. The number of carbonyl (C=O) groups is 1. The maximum absolute atomic E-state index is 13.0. The monoisotopic (exact) mass is 430 g/mol. The van der Waals surface area contributed by atoms with Crippen molar-refractivity contribution in [3.05, 3.63) is 76.3 Å². The lowest BCUT2D eigenvalue weighted by atomic mass is 10.1. The minimum atomic E-state index is -0.304. The van der Waals surface area contributed by atoms with E-state index in [0.717, 1.165) is 29.5 Å². The summed E-state index contributed by atoms with van der Waals surface area (Å²) in [6.07, 6.45) is 2.12. The summed E-state index contributed by atoms with van der Waals surface area (Å²) < 4.78 is 12.1. The van der Waals surface area contributed by atoms with Gasteiger partial charge in [0.05, 0.1) is 18.2 Å². The molecule has 1 aliphatic carbocycles. The smallest absolute Gasteiger partial charge is 0.258 e. The largest absolute Gasteiger partial charge is 0.497 e. The van der Waals surface area contributed by atoms with Gasteiger partial charge in [0.25, 0.3) is 11.4 Å². The van der Waals surface area contributed by atoms with Crippen molar-refractivity contribution in [3.63, 3.8) is 0 Å². The van der Waals surface area contributed by atoms with E-state index in [1.54, 1.807) is 7.11 Å². The van der Waals surface area contributed by atoms with E-state index in [9.17, 15) is 9.59 Å². The zero-order valence-electron chi connectivity index (χ0n) is 17.6. The van der Waals surface area contributed by atoms with Crippen molar-refractivity contribution in [2.24, 2.45) is 0 Å². The highest BCUT2D eigenvalue weighted by Crippen LogP contribution is 2.39. The van der Waals surface area contributed by atoms with E-state index >= 15 is 0 Å². The summed E-state index contributed by atoms with van der Waals surface area (Å²) in [7, 11) is 1.60. The summed E-state index contributed by atoms with van der Waals surface area (Å²) in [5.74, 6) is 1.83. The SMILES string of the molecule is COc1cccc(CNC(=O)Cn2c(=O)cc(-c3nc(C4CC4)no3)c3ccccc32)c1. The molecule has 0 radical (unpaired) electrons. The Kier molecular flexibility index (Phi) is 5.18. The molecule has 0 spiro atoms. The van der Waals surface area contributed by atoms with Gasteiger partial charge >= 0.3 is 0 Å². The molecule has 1 fully saturated rings. The van der Waals surface area contributed by atoms with Gasteiger partial charge in [0.1, 0.15) is 12.3 Å². The Morgan fingerprint density at radius 2 is 2.03 bits per heavy atom. The van der Waals surface area contributed by atoms with Crippen LogP contribution in [0.5, 0.6) is 5.75 Å². The Labute approximate surface area is 183 Å². The number of hydrogen-bond donors (Lipinski definition) is 1. The Hall–Kier alpha value is -3.94. The van der Waals surface area contributed by atoms with Crippen molar-refractivity contribution in [2.75, 3.05) is 7.11 Å². The predicted molar refractivity (Wildman–Crippen MR) is 118 cm³/mol. The van der Waals surface area contributed by atoms with Gasteiger partial charge in [-0.3, -0.25) is 14.2 Å². The Morgan fingerprint density at radius 3 is 2.84 bits per heavy atom. The molecule has 1 saturated carbocycles. The van der Waals surface area contributed by atoms with Crippen LogP contribution < -0.4 is 15.6 Å². The van der Waals surface area contributed by atoms with E-state index in [4.69, 9.17) is 9.26 Å². The first kappa shape index (κ1) is 20.0. The number of amides is 1. The number of nitrogens with one attached hydrogen (secondary N) is 1. The number of rotatable bonds is 7. The molecule has 4 aromatic rings. The summed E-state index contributed by atoms with van der Waals surface area (Å²) in [6, 6.07) is 16.3. The molecule has 1 aliphatic rings. The second-order valence-electron chi connectivity index (χ2n) is 7.86. The zero-order chi connectivity index (χ0) is 22.1. The van der Waals surface area contributed by atoms with Crippen LogP contribution in [0, 0.1) is 0 Å². The quantitative estimate of drug-likeness (QED) is 0.483. The van der Waals surface area contributed by atoms with E-state index in [1.807, 2.05) is 48.5 Å². The van der Waals surface area contributed by atoms with Crippen LogP contribution in [-0.4, -0.2) is 27.7 Å². The fourth-order valence-corrected chi connectivity index (χ4v) is 3.71. The van der Waals surface area contributed by atoms with Crippen LogP contribution >= 0.6 is 0 Å². The number of hydrogen-bond acceptors (Lipinski definition) is 6. The first-order valence-corrected chi connectivity index (χ1v) is 10.5. The summed E-state index contributed by atoms with van der Waals surface area (Å²) in [6.45, 7) is 0.244. The van der Waals surface area contributed by atoms with E-state index in [0.29, 0.717) is 35.3 Å². The van der Waals surface area contributed by atoms with Gasteiger partial charge in [-0.05, 0) is 36.6 Å². The molecule has 0 bridgehead atoms. The van der Waals surface area contributed by atoms with Crippen LogP contribution in [0.2, 0.25) is 0 Å². The van der Waals surface area contributed by atoms with Gasteiger partial charge in [0.2, 0.25) is 5.91 Å². The zero-order valence-corrected chi connectivity index (χ0v) is 17.6. The minimum absolute atomic E-state index is 0.0965. The maximum atomic E-state index is 13.0. The van der Waals surface area contributed by atoms with Gasteiger partial charge < -0.3 is 14.6 Å². The second kappa shape index (κ2) is 8.30. The highest BCUT2D eigenvalue weighted by Gasteiger charge is 2.29. The van der Waals surface area contributed by atoms with Crippen LogP contribution in [-0.2, 0) is 17.9 Å². The number of benzene rings is 2. The van der Waals surface area contributed by atoms with Gasteiger partial charge in [0, 0.05) is 23.9 Å². The fourth-order valence-electron chi connectivity index (χ4n) is 3.71. The normalized spacial score (nSPS) is 13.3. The lowest BCUT2D eigenvalue weighted by molar-refractivity contribution is -0.121. The van der Waals surface area contributed by atoms with Gasteiger partial charge in [-0.25, -0.2) is 0 Å². The molecule has 5 rings (SSSR count). The number of nitrogens with zero attached hydrogens (tertiary/aromatic N) is 3. The molecule has 8 heteroatoms. The van der Waals surface area contributed by atoms with Gasteiger partial charge in [0.15, 0.2) is 5.82 Å². The van der Waals surface area contributed by atoms with E-state index < -0.39 is 0 Å². The number of aromatic nitrogens is 3. The molecule has 0 aliphatic heterocycles. The highest BCUT2D eigenvalue weighted by molar-refractivity contribution is 5.93. The average Bonchev–Trinajstić information content (AvgIpc) is 3.56. The van der Waals surface area contributed by atoms with Crippen LogP contribution in [0.25, 0.3) is 22.4 Å². The molecule has 8 nitrogen and oxygen atoms in total. The third-order valence-electron chi connectivity index (χ3n) is 5.56. The van der Waals surface area contributed by atoms with E-state index in [-0.39, 0.29) is 18.0 Å². The highest BCUT2D eigenvalue weighted by atomic mass is 16.5. The molecule has 0 atom stereocenters. The molecule has 162 valence electrons. The van der Waals surface area contributed by atoms with Crippen molar-refractivity contribution in [1.29, 1.82) is 0 Å². The third kappa shape index (κ3) is 3.99. The van der Waals surface area contributed by atoms with Crippen molar-refractivity contribution < 1.29 is 14.1 Å². The minimum Gasteiger partial charge on any atom is -0.497 e. The van der Waals surface area contributed by atoms with Gasteiger partial charge in [-0.2, -0.15) is 4.98 Å². The number of ether oxygens (including phenoxy) is 1. The van der Waals surface area contributed by atoms with Crippen LogP contribution in [0.3, 0.4) is 0 Å². The molecule has 2 aromatic carbocycles. The molecule has 2 heterocycles. The van der Waals surface area contributed by atoms with Crippen molar-refractivity contribution >= 4 is 16.8 Å². The molecular weight excluding hydrogens is 408 g/mol. The number of para-hydroxylation sites is 1. The Balaban J connectivity index is 1.41. The summed E-state index contributed by atoms with van der Waals surface area (Å²) in [5, 5.41) is 7.70. The number of carbonyl (C=O) groups excluding carboxylic acids is 1. The van der Waals surface area contributed by atoms with Crippen molar-refractivity contribution in [3.8, 4) is 17.2 Å². The molecular formula is C24H22N4O4. The van der Waals surface area contributed by atoms with Gasteiger partial charge in [-0.1, -0.05) is 35.5 Å². The fraction of sp³-hybridized carbons (Fsp3) is 0.250. The molecule has 0 unspecified atom stereocenters. The average molecular weight is 430 g/mol. The lowest BCUT2D eigenvalue weighted by Gasteiger charge is -2.12. The Morgan fingerprint density at radius 1 is 1.19 bits per heavy atom. The first-order valence-electron chi connectivity index (χ1n) is 10.5. The summed E-state index contributed by atoms with van der Waals surface area (Å²) in [5.41, 5.74) is 1.82. The Bertz CT molecular complexity index is 1350. The van der Waals surface area contributed by atoms with E-state index in [2.05, 4.69) is 15.5 Å². The topological polar surface area (TPSA) is 99.2 Å². The third-order valence-corrected chi connectivity index (χ3v) is 5.56. The number of fused-ring (bicyclic) bond motifs is 1. The van der Waals surface area contributed by atoms with Gasteiger partial charge in [-0.15, -0.1) is 0 Å². The predicted octanol–water partition coefficient (Wildman–Crippen LogP) is 3.25. The van der Waals surface area contributed by atoms with Crippen LogP contribution in [0.1, 0.15) is 30.1 Å².